The molecule has 136 valence electrons. The smallest absolute Gasteiger partial charge is 0.262 e. The molecule has 0 aliphatic carbocycles. The molecule has 0 aliphatic heterocycles. The van der Waals surface area contributed by atoms with E-state index in [1.807, 2.05) is 0 Å². The van der Waals surface area contributed by atoms with Gasteiger partial charge in [-0.1, -0.05) is 53.0 Å². The molecule has 0 atom stereocenters. The van der Waals surface area contributed by atoms with E-state index < -0.39 is 15.7 Å². The Kier molecular flexibility index (Phi) is 5.79. The van der Waals surface area contributed by atoms with E-state index in [4.69, 9.17) is 34.8 Å². The summed E-state index contributed by atoms with van der Waals surface area (Å²) in [6, 6.07) is 11.3. The normalized spacial score (nSPS) is 11.7. The lowest BCUT2D eigenvalue weighted by atomic mass is 10.2. The molecular formula is C17H12Cl3NO3S2. The van der Waals surface area contributed by atoms with E-state index in [9.17, 15) is 13.2 Å². The van der Waals surface area contributed by atoms with E-state index in [1.165, 1.54) is 12.1 Å². The molecule has 0 radical (unpaired) electrons. The highest BCUT2D eigenvalue weighted by molar-refractivity contribution is 7.91. The maximum absolute atomic E-state index is 12.4. The van der Waals surface area contributed by atoms with Crippen LogP contribution >= 0.6 is 46.1 Å². The molecule has 4 nitrogen and oxygen atoms in total. The van der Waals surface area contributed by atoms with Crippen LogP contribution in [0.4, 0.5) is 0 Å². The molecule has 2 aromatic carbocycles. The van der Waals surface area contributed by atoms with Crippen molar-refractivity contribution in [2.45, 2.75) is 4.90 Å². The van der Waals surface area contributed by atoms with Gasteiger partial charge in [-0.25, -0.2) is 8.42 Å². The monoisotopic (exact) mass is 447 g/mol. The standard InChI is InChI=1S/C17H12Cl3NO3S2/c18-10-8-12(19)14-13(9-10)25-16(15(14)20)17(22)21-6-7-26(23,24)11-4-2-1-3-5-11/h1-5,8-9H,6-7H2,(H,21,22). The zero-order valence-corrected chi connectivity index (χ0v) is 17.0. The quantitative estimate of drug-likeness (QED) is 0.593. The van der Waals surface area contributed by atoms with Crippen LogP contribution in [-0.4, -0.2) is 26.6 Å². The lowest BCUT2D eigenvalue weighted by Crippen LogP contribution is -2.28. The van der Waals surface area contributed by atoms with E-state index >= 15 is 0 Å². The lowest BCUT2D eigenvalue weighted by Gasteiger charge is -2.06. The molecule has 1 amide bonds. The van der Waals surface area contributed by atoms with Gasteiger partial charge in [-0.15, -0.1) is 11.3 Å². The summed E-state index contributed by atoms with van der Waals surface area (Å²) >= 11 is 19.5. The number of nitrogens with one attached hydrogen (secondary N) is 1. The van der Waals surface area contributed by atoms with Gasteiger partial charge in [0.1, 0.15) is 4.88 Å². The Hall–Kier alpha value is -1.31. The third kappa shape index (κ3) is 4.00. The second kappa shape index (κ2) is 7.74. The van der Waals surface area contributed by atoms with E-state index in [0.717, 1.165) is 11.3 Å². The van der Waals surface area contributed by atoms with Gasteiger partial charge in [-0.2, -0.15) is 0 Å². The Labute approximate surface area is 169 Å². The summed E-state index contributed by atoms with van der Waals surface area (Å²) in [4.78, 5) is 12.9. The minimum absolute atomic E-state index is 0.0326. The summed E-state index contributed by atoms with van der Waals surface area (Å²) in [5.74, 6) is -0.663. The highest BCUT2D eigenvalue weighted by Crippen LogP contribution is 2.41. The van der Waals surface area contributed by atoms with Crippen LogP contribution in [0.25, 0.3) is 10.1 Å². The lowest BCUT2D eigenvalue weighted by molar-refractivity contribution is 0.0960. The van der Waals surface area contributed by atoms with Crippen molar-refractivity contribution in [3.8, 4) is 0 Å². The highest BCUT2D eigenvalue weighted by atomic mass is 35.5. The fraction of sp³-hybridized carbons (Fsp3) is 0.118. The minimum atomic E-state index is -3.47. The Balaban J connectivity index is 1.74. The number of benzene rings is 2. The van der Waals surface area contributed by atoms with Crippen molar-refractivity contribution in [2.24, 2.45) is 0 Å². The fourth-order valence-corrected chi connectivity index (χ4v) is 5.86. The molecule has 9 heteroatoms. The maximum atomic E-state index is 12.4. The zero-order valence-electron chi connectivity index (χ0n) is 13.1. The number of rotatable bonds is 5. The van der Waals surface area contributed by atoms with Gasteiger partial charge in [-0.3, -0.25) is 4.79 Å². The molecule has 0 unspecified atom stereocenters. The summed E-state index contributed by atoms with van der Waals surface area (Å²) < 4.78 is 25.2. The molecular weight excluding hydrogens is 437 g/mol. The third-order valence-electron chi connectivity index (χ3n) is 3.61. The van der Waals surface area contributed by atoms with Gasteiger partial charge in [0.05, 0.1) is 20.7 Å². The van der Waals surface area contributed by atoms with Crippen LogP contribution in [-0.2, 0) is 9.84 Å². The van der Waals surface area contributed by atoms with Gasteiger partial charge in [0.2, 0.25) is 0 Å². The summed E-state index contributed by atoms with van der Waals surface area (Å²) in [6.45, 7) is -0.0326. The number of halogens is 3. The van der Waals surface area contributed by atoms with E-state index in [2.05, 4.69) is 5.32 Å². The molecule has 1 aromatic heterocycles. The van der Waals surface area contributed by atoms with Crippen LogP contribution in [0.3, 0.4) is 0 Å². The zero-order chi connectivity index (χ0) is 18.9. The van der Waals surface area contributed by atoms with Crippen LogP contribution in [0, 0.1) is 0 Å². The van der Waals surface area contributed by atoms with Crippen LogP contribution in [0.5, 0.6) is 0 Å². The van der Waals surface area contributed by atoms with Gasteiger partial charge < -0.3 is 5.32 Å². The van der Waals surface area contributed by atoms with Crippen molar-refractivity contribution < 1.29 is 13.2 Å². The Morgan fingerprint density at radius 1 is 1.08 bits per heavy atom. The first-order valence-corrected chi connectivity index (χ1v) is 11.0. The third-order valence-corrected chi connectivity index (χ3v) is 7.49. The highest BCUT2D eigenvalue weighted by Gasteiger charge is 2.20. The van der Waals surface area contributed by atoms with E-state index in [1.54, 1.807) is 30.3 Å². The number of hydrogen-bond donors (Lipinski definition) is 1. The van der Waals surface area contributed by atoms with Gasteiger partial charge in [0, 0.05) is 21.7 Å². The van der Waals surface area contributed by atoms with E-state index in [-0.39, 0.29) is 27.1 Å². The molecule has 3 rings (SSSR count). The van der Waals surface area contributed by atoms with Crippen LogP contribution in [0.1, 0.15) is 9.67 Å². The Bertz CT molecular complexity index is 1080. The number of carbonyl (C=O) groups is 1. The number of hydrogen-bond acceptors (Lipinski definition) is 4. The van der Waals surface area contributed by atoms with Crippen molar-refractivity contribution >= 4 is 72.0 Å². The van der Waals surface area contributed by atoms with Crippen LogP contribution < -0.4 is 5.32 Å². The molecule has 1 N–H and O–H groups in total. The predicted octanol–water partition coefficient (Wildman–Crippen LogP) is 5.07. The summed E-state index contributed by atoms with van der Waals surface area (Å²) in [5.41, 5.74) is 0. The molecule has 0 aliphatic rings. The first-order chi connectivity index (χ1) is 12.3. The summed E-state index contributed by atoms with van der Waals surface area (Å²) in [6.07, 6.45) is 0. The van der Waals surface area contributed by atoms with Crippen molar-refractivity contribution in [2.75, 3.05) is 12.3 Å². The first kappa shape index (κ1) is 19.5. The van der Waals surface area contributed by atoms with Crippen molar-refractivity contribution in [1.29, 1.82) is 0 Å². The van der Waals surface area contributed by atoms with Crippen molar-refractivity contribution in [3.05, 3.63) is 62.4 Å². The number of fused-ring (bicyclic) bond motifs is 1. The Morgan fingerprint density at radius 3 is 2.46 bits per heavy atom. The van der Waals surface area contributed by atoms with Crippen molar-refractivity contribution in [3.63, 3.8) is 0 Å². The second-order valence-corrected chi connectivity index (χ2v) is 9.78. The predicted molar refractivity (Wildman–Crippen MR) is 108 cm³/mol. The topological polar surface area (TPSA) is 63.2 Å². The molecule has 0 saturated carbocycles. The largest absolute Gasteiger partial charge is 0.350 e. The van der Waals surface area contributed by atoms with Crippen LogP contribution in [0.2, 0.25) is 15.1 Å². The van der Waals surface area contributed by atoms with Gasteiger partial charge in [0.25, 0.3) is 5.91 Å². The number of amides is 1. The maximum Gasteiger partial charge on any atom is 0.262 e. The molecule has 0 spiro atoms. The number of sulfone groups is 1. The molecule has 0 bridgehead atoms. The van der Waals surface area contributed by atoms with Gasteiger partial charge in [0.15, 0.2) is 9.84 Å². The number of thiophene rings is 1. The average Bonchev–Trinajstić information content (AvgIpc) is 2.92. The Morgan fingerprint density at radius 2 is 1.77 bits per heavy atom. The van der Waals surface area contributed by atoms with Crippen molar-refractivity contribution in [1.82, 2.24) is 5.32 Å². The fourth-order valence-electron chi connectivity index (χ4n) is 2.38. The first-order valence-electron chi connectivity index (χ1n) is 7.42. The van der Waals surface area contributed by atoms with Gasteiger partial charge >= 0.3 is 0 Å². The van der Waals surface area contributed by atoms with Crippen LogP contribution in [0.15, 0.2) is 47.4 Å². The van der Waals surface area contributed by atoms with Gasteiger partial charge in [-0.05, 0) is 24.3 Å². The minimum Gasteiger partial charge on any atom is -0.350 e. The molecule has 1 heterocycles. The number of carbonyl (C=O) groups excluding carboxylic acids is 1. The second-order valence-electron chi connectivity index (χ2n) is 5.39. The average molecular weight is 449 g/mol. The SMILES string of the molecule is O=C(NCCS(=O)(=O)c1ccccc1)c1sc2cc(Cl)cc(Cl)c2c1Cl. The molecule has 3 aromatic rings. The molecule has 0 fully saturated rings. The van der Waals surface area contributed by atoms with E-state index in [0.29, 0.717) is 20.1 Å². The summed E-state index contributed by atoms with van der Waals surface area (Å²) in [7, 11) is -3.47. The molecule has 0 saturated heterocycles. The summed E-state index contributed by atoms with van der Waals surface area (Å²) in [5, 5.41) is 4.19. The molecule has 26 heavy (non-hydrogen) atoms.